The minimum atomic E-state index is -0.492. The number of hydrogen-bond acceptors (Lipinski definition) is 0. The zero-order valence-corrected chi connectivity index (χ0v) is 8.64. The van der Waals surface area contributed by atoms with Gasteiger partial charge in [-0.15, -0.1) is 0 Å². The standard InChI is InChI=1S/C10H18P/c1-11(2,3)10-6-4-7-8(5-6)9(7)10/h6-10H,4-5H2,1-3H3/q+1. The van der Waals surface area contributed by atoms with Gasteiger partial charge in [0.1, 0.15) is 0 Å². The normalized spacial score (nSPS) is 58.6. The van der Waals surface area contributed by atoms with Crippen molar-refractivity contribution in [1.82, 2.24) is 0 Å². The van der Waals surface area contributed by atoms with Gasteiger partial charge in [0.2, 0.25) is 0 Å². The van der Waals surface area contributed by atoms with Crippen LogP contribution in [0.15, 0.2) is 0 Å². The Hall–Kier alpha value is 0.430. The summed E-state index contributed by atoms with van der Waals surface area (Å²) in [4.78, 5) is 0. The van der Waals surface area contributed by atoms with Crippen LogP contribution in [0, 0.1) is 23.7 Å². The lowest BCUT2D eigenvalue weighted by Crippen LogP contribution is -2.15. The van der Waals surface area contributed by atoms with Crippen LogP contribution in [0.1, 0.15) is 12.8 Å². The molecule has 0 aromatic heterocycles. The largest absolute Gasteiger partial charge is 0.0751 e. The molecule has 3 atom stereocenters. The molecule has 0 saturated heterocycles. The highest BCUT2D eigenvalue weighted by Crippen LogP contribution is 2.80. The summed E-state index contributed by atoms with van der Waals surface area (Å²) in [5, 5.41) is 0. The lowest BCUT2D eigenvalue weighted by atomic mass is 10.1. The van der Waals surface area contributed by atoms with Crippen molar-refractivity contribution in [3.05, 3.63) is 0 Å². The molecule has 0 aliphatic heterocycles. The molecule has 4 fully saturated rings. The lowest BCUT2D eigenvalue weighted by molar-refractivity contribution is 0.608. The summed E-state index contributed by atoms with van der Waals surface area (Å²) < 4.78 is 0. The van der Waals surface area contributed by atoms with E-state index in [0.717, 1.165) is 0 Å². The van der Waals surface area contributed by atoms with E-state index in [0.29, 0.717) is 0 Å². The van der Waals surface area contributed by atoms with Gasteiger partial charge in [0.25, 0.3) is 0 Å². The van der Waals surface area contributed by atoms with E-state index in [1.807, 2.05) is 0 Å². The third-order valence-corrected chi connectivity index (χ3v) is 6.87. The lowest BCUT2D eigenvalue weighted by Gasteiger charge is -2.23. The summed E-state index contributed by atoms with van der Waals surface area (Å²) in [6.07, 6.45) is 3.24. The third-order valence-electron chi connectivity index (χ3n) is 4.32. The maximum atomic E-state index is 2.55. The van der Waals surface area contributed by atoms with Gasteiger partial charge < -0.3 is 0 Å². The van der Waals surface area contributed by atoms with E-state index in [1.54, 1.807) is 12.8 Å². The first-order chi connectivity index (χ1) is 5.09. The minimum absolute atomic E-state index is 0.492. The Kier molecular flexibility index (Phi) is 1.06. The Morgan fingerprint density at radius 3 is 1.73 bits per heavy atom. The van der Waals surface area contributed by atoms with E-state index in [4.69, 9.17) is 0 Å². The van der Waals surface area contributed by atoms with E-state index in [-0.39, 0.29) is 0 Å². The van der Waals surface area contributed by atoms with Gasteiger partial charge in [0, 0.05) is 33.2 Å². The van der Waals surface area contributed by atoms with E-state index < -0.39 is 7.26 Å². The van der Waals surface area contributed by atoms with Crippen LogP contribution in [-0.2, 0) is 0 Å². The highest BCUT2D eigenvalue weighted by molar-refractivity contribution is 7.74. The van der Waals surface area contributed by atoms with Crippen LogP contribution in [-0.4, -0.2) is 25.7 Å². The zero-order valence-electron chi connectivity index (χ0n) is 7.75. The predicted molar refractivity (Wildman–Crippen MR) is 51.7 cm³/mol. The summed E-state index contributed by atoms with van der Waals surface area (Å²) in [7, 11) is -0.492. The van der Waals surface area contributed by atoms with E-state index in [2.05, 4.69) is 20.0 Å². The fraction of sp³-hybridized carbons (Fsp3) is 1.00. The highest BCUT2D eigenvalue weighted by Gasteiger charge is 2.73. The molecule has 4 bridgehead atoms. The van der Waals surface area contributed by atoms with Crippen LogP contribution >= 0.6 is 7.26 Å². The van der Waals surface area contributed by atoms with Gasteiger partial charge in [-0.25, -0.2) is 0 Å². The molecule has 4 aliphatic carbocycles. The molecule has 0 nitrogen and oxygen atoms in total. The van der Waals surface area contributed by atoms with E-state index in [1.165, 1.54) is 29.3 Å². The van der Waals surface area contributed by atoms with Crippen molar-refractivity contribution < 1.29 is 0 Å². The molecule has 0 N–H and O–H groups in total. The molecule has 0 spiro atoms. The Balaban J connectivity index is 1.92. The molecule has 11 heavy (non-hydrogen) atoms. The summed E-state index contributed by atoms with van der Waals surface area (Å²) in [5.41, 5.74) is 1.21. The summed E-state index contributed by atoms with van der Waals surface area (Å²) in [6, 6.07) is 0. The van der Waals surface area contributed by atoms with Crippen molar-refractivity contribution in [2.24, 2.45) is 23.7 Å². The molecule has 4 rings (SSSR count). The van der Waals surface area contributed by atoms with E-state index >= 15 is 0 Å². The fourth-order valence-corrected chi connectivity index (χ4v) is 7.17. The smallest absolute Gasteiger partial charge is 0.0431 e. The average Bonchev–Trinajstić information content (AvgIpc) is 2.35. The first-order valence-corrected chi connectivity index (χ1v) is 8.10. The molecule has 0 aromatic carbocycles. The molecule has 0 heterocycles. The maximum absolute atomic E-state index is 2.55. The van der Waals surface area contributed by atoms with Crippen molar-refractivity contribution in [3.63, 3.8) is 0 Å². The average molecular weight is 169 g/mol. The van der Waals surface area contributed by atoms with Crippen LogP contribution in [0.2, 0.25) is 0 Å². The summed E-state index contributed by atoms with van der Waals surface area (Å²) in [6.45, 7) is 7.65. The van der Waals surface area contributed by atoms with Crippen LogP contribution < -0.4 is 0 Å². The van der Waals surface area contributed by atoms with Gasteiger partial charge in [-0.1, -0.05) is 0 Å². The first-order valence-electron chi connectivity index (χ1n) is 4.90. The van der Waals surface area contributed by atoms with Gasteiger partial charge in [-0.2, -0.15) is 0 Å². The van der Waals surface area contributed by atoms with Crippen molar-refractivity contribution >= 4 is 7.26 Å². The van der Waals surface area contributed by atoms with Crippen molar-refractivity contribution in [3.8, 4) is 0 Å². The van der Waals surface area contributed by atoms with Crippen LogP contribution in [0.3, 0.4) is 0 Å². The molecule has 1 heteroatoms. The maximum Gasteiger partial charge on any atom is 0.0751 e. The summed E-state index contributed by atoms with van der Waals surface area (Å²) in [5.74, 6) is 4.87. The van der Waals surface area contributed by atoms with Gasteiger partial charge in [-0.05, 0) is 30.6 Å². The molecule has 62 valence electrons. The molecule has 4 aliphatic rings. The first kappa shape index (κ1) is 6.89. The summed E-state index contributed by atoms with van der Waals surface area (Å²) >= 11 is 0. The monoisotopic (exact) mass is 169 g/mol. The van der Waals surface area contributed by atoms with Gasteiger partial charge in [-0.3, -0.25) is 0 Å². The van der Waals surface area contributed by atoms with Crippen molar-refractivity contribution in [2.45, 2.75) is 18.5 Å². The fourth-order valence-electron chi connectivity index (χ4n) is 4.18. The molecule has 4 saturated carbocycles. The Morgan fingerprint density at radius 1 is 1.00 bits per heavy atom. The number of hydrogen-bond donors (Lipinski definition) is 0. The Labute approximate surface area is 70.1 Å². The van der Waals surface area contributed by atoms with Crippen LogP contribution in [0.25, 0.3) is 0 Å². The predicted octanol–water partition coefficient (Wildman–Crippen LogP) is 2.55. The van der Waals surface area contributed by atoms with Crippen LogP contribution in [0.4, 0.5) is 0 Å². The molecular weight excluding hydrogens is 151 g/mol. The quantitative estimate of drug-likeness (QED) is 0.529. The molecule has 3 unspecified atom stereocenters. The highest BCUT2D eigenvalue weighted by atomic mass is 31.2. The molecule has 0 amide bonds. The molecule has 0 radical (unpaired) electrons. The Morgan fingerprint density at radius 2 is 1.55 bits per heavy atom. The second-order valence-electron chi connectivity index (χ2n) is 5.74. The van der Waals surface area contributed by atoms with E-state index in [9.17, 15) is 0 Å². The molecular formula is C10H18P+. The van der Waals surface area contributed by atoms with Gasteiger partial charge >= 0.3 is 0 Å². The Bertz CT molecular complexity index is 189. The second kappa shape index (κ2) is 1.69. The topological polar surface area (TPSA) is 0 Å². The van der Waals surface area contributed by atoms with Gasteiger partial charge in [0.05, 0.1) is 5.66 Å². The number of rotatable bonds is 1. The van der Waals surface area contributed by atoms with Crippen molar-refractivity contribution in [2.75, 3.05) is 20.0 Å². The van der Waals surface area contributed by atoms with Crippen LogP contribution in [0.5, 0.6) is 0 Å². The zero-order chi connectivity index (χ0) is 7.80. The minimum Gasteiger partial charge on any atom is -0.0431 e. The van der Waals surface area contributed by atoms with Gasteiger partial charge in [0.15, 0.2) is 0 Å². The SMILES string of the molecule is C[P+](C)(C)C1C2CC3C(C2)C31. The second-order valence-corrected chi connectivity index (χ2v) is 10.6. The third kappa shape index (κ3) is 0.705. The molecule has 0 aromatic rings. The van der Waals surface area contributed by atoms with Crippen molar-refractivity contribution in [1.29, 1.82) is 0 Å².